The van der Waals surface area contributed by atoms with E-state index in [1.807, 2.05) is 26.0 Å². The molecule has 2 aromatic rings. The molecule has 0 amide bonds. The molecule has 0 aliphatic heterocycles. The maximum Gasteiger partial charge on any atom is 0.138 e. The van der Waals surface area contributed by atoms with Crippen molar-refractivity contribution in [3.8, 4) is 17.0 Å². The molecule has 0 atom stereocenters. The zero-order chi connectivity index (χ0) is 13.0. The predicted molar refractivity (Wildman–Crippen MR) is 71.0 cm³/mol. The summed E-state index contributed by atoms with van der Waals surface area (Å²) in [5, 5.41) is 0. The van der Waals surface area contributed by atoms with Crippen LogP contribution in [-0.4, -0.2) is 16.1 Å². The van der Waals surface area contributed by atoms with Crippen LogP contribution >= 0.6 is 0 Å². The van der Waals surface area contributed by atoms with Crippen LogP contribution in [0.4, 0.5) is 5.69 Å². The molecule has 0 saturated carbocycles. The Morgan fingerprint density at radius 2 is 2.11 bits per heavy atom. The highest BCUT2D eigenvalue weighted by atomic mass is 16.5. The van der Waals surface area contributed by atoms with Gasteiger partial charge in [-0.25, -0.2) is 0 Å². The van der Waals surface area contributed by atoms with Crippen molar-refractivity contribution in [2.75, 3.05) is 5.43 Å². The molecule has 2 aromatic heterocycles. The monoisotopic (exact) mass is 244 g/mol. The molecule has 5 nitrogen and oxygen atoms in total. The third kappa shape index (κ3) is 2.95. The summed E-state index contributed by atoms with van der Waals surface area (Å²) in [6, 6.07) is 5.57. The highest BCUT2D eigenvalue weighted by Crippen LogP contribution is 2.23. The predicted octanol–water partition coefficient (Wildman–Crippen LogP) is 2.22. The fourth-order valence-corrected chi connectivity index (χ4v) is 1.57. The Hall–Kier alpha value is -2.14. The Kier molecular flexibility index (Phi) is 3.74. The second-order valence-corrected chi connectivity index (χ2v) is 4.15. The largest absolute Gasteiger partial charge is 0.489 e. The summed E-state index contributed by atoms with van der Waals surface area (Å²) in [7, 11) is 0. The first-order valence-corrected chi connectivity index (χ1v) is 5.74. The van der Waals surface area contributed by atoms with Gasteiger partial charge in [-0.2, -0.15) is 0 Å². The minimum absolute atomic E-state index is 0.118. The Morgan fingerprint density at radius 1 is 1.28 bits per heavy atom. The maximum atomic E-state index is 5.60. The van der Waals surface area contributed by atoms with Gasteiger partial charge in [-0.3, -0.25) is 15.8 Å². The highest BCUT2D eigenvalue weighted by molar-refractivity contribution is 5.64. The van der Waals surface area contributed by atoms with E-state index in [2.05, 4.69) is 15.4 Å². The number of ether oxygens (including phenoxy) is 1. The van der Waals surface area contributed by atoms with E-state index in [9.17, 15) is 0 Å². The number of nitrogens with two attached hydrogens (primary N) is 1. The minimum Gasteiger partial charge on any atom is -0.489 e. The average Bonchev–Trinajstić information content (AvgIpc) is 2.38. The summed E-state index contributed by atoms with van der Waals surface area (Å²) < 4.78 is 5.60. The van der Waals surface area contributed by atoms with E-state index in [4.69, 9.17) is 10.6 Å². The Balaban J connectivity index is 2.32. The molecule has 3 N–H and O–H groups in total. The molecule has 0 spiro atoms. The van der Waals surface area contributed by atoms with Crippen molar-refractivity contribution >= 4 is 5.69 Å². The zero-order valence-corrected chi connectivity index (χ0v) is 10.4. The van der Waals surface area contributed by atoms with E-state index in [0.717, 1.165) is 22.7 Å². The number of aromatic nitrogens is 2. The van der Waals surface area contributed by atoms with Gasteiger partial charge in [-0.05, 0) is 32.0 Å². The van der Waals surface area contributed by atoms with Crippen LogP contribution in [0.1, 0.15) is 13.8 Å². The standard InChI is InChI=1S/C13H16N4O/c1-9(2)18-12-5-10(7-15-8-12)13-6-11(17-14)3-4-16-13/h3-9H,14H2,1-2H3,(H,16,17). The number of nitrogens with one attached hydrogen (secondary N) is 1. The van der Waals surface area contributed by atoms with Gasteiger partial charge >= 0.3 is 0 Å². The number of hydrazine groups is 1. The normalized spacial score (nSPS) is 10.4. The van der Waals surface area contributed by atoms with Crippen LogP contribution in [0.15, 0.2) is 36.8 Å². The average molecular weight is 244 g/mol. The van der Waals surface area contributed by atoms with Crippen molar-refractivity contribution in [3.63, 3.8) is 0 Å². The molecule has 2 rings (SSSR count). The molecular weight excluding hydrogens is 228 g/mol. The summed E-state index contributed by atoms with van der Waals surface area (Å²) in [5.74, 6) is 6.11. The molecule has 0 aliphatic rings. The Labute approximate surface area is 106 Å². The number of rotatable bonds is 4. The van der Waals surface area contributed by atoms with Crippen molar-refractivity contribution in [3.05, 3.63) is 36.8 Å². The smallest absolute Gasteiger partial charge is 0.138 e. The zero-order valence-electron chi connectivity index (χ0n) is 10.4. The van der Waals surface area contributed by atoms with Gasteiger partial charge in [0, 0.05) is 18.0 Å². The van der Waals surface area contributed by atoms with Crippen molar-refractivity contribution < 1.29 is 4.74 Å². The van der Waals surface area contributed by atoms with Crippen molar-refractivity contribution in [1.29, 1.82) is 0 Å². The molecule has 0 bridgehead atoms. The summed E-state index contributed by atoms with van der Waals surface area (Å²) in [6.07, 6.45) is 5.25. The van der Waals surface area contributed by atoms with Crippen LogP contribution < -0.4 is 16.0 Å². The number of hydrogen-bond donors (Lipinski definition) is 2. The molecule has 2 heterocycles. The minimum atomic E-state index is 0.118. The maximum absolute atomic E-state index is 5.60. The van der Waals surface area contributed by atoms with Gasteiger partial charge in [0.2, 0.25) is 0 Å². The quantitative estimate of drug-likeness (QED) is 0.637. The molecule has 0 aliphatic carbocycles. The van der Waals surface area contributed by atoms with E-state index in [-0.39, 0.29) is 6.10 Å². The van der Waals surface area contributed by atoms with Gasteiger partial charge in [0.05, 0.1) is 23.7 Å². The number of hydrogen-bond acceptors (Lipinski definition) is 5. The molecule has 0 fully saturated rings. The molecule has 0 aromatic carbocycles. The van der Waals surface area contributed by atoms with E-state index in [1.165, 1.54) is 0 Å². The van der Waals surface area contributed by atoms with Crippen molar-refractivity contribution in [2.24, 2.45) is 5.84 Å². The SMILES string of the molecule is CC(C)Oc1cncc(-c2cc(NN)ccn2)c1. The van der Waals surface area contributed by atoms with E-state index >= 15 is 0 Å². The van der Waals surface area contributed by atoms with Gasteiger partial charge in [-0.1, -0.05) is 0 Å². The van der Waals surface area contributed by atoms with Gasteiger partial charge in [-0.15, -0.1) is 0 Å². The summed E-state index contributed by atoms with van der Waals surface area (Å²) >= 11 is 0. The van der Waals surface area contributed by atoms with E-state index in [0.29, 0.717) is 0 Å². The van der Waals surface area contributed by atoms with Crippen LogP contribution in [-0.2, 0) is 0 Å². The Bertz CT molecular complexity index is 528. The van der Waals surface area contributed by atoms with Crippen LogP contribution in [0.3, 0.4) is 0 Å². The first-order chi connectivity index (χ1) is 8.69. The lowest BCUT2D eigenvalue weighted by Gasteiger charge is -2.10. The van der Waals surface area contributed by atoms with E-state index in [1.54, 1.807) is 24.7 Å². The number of nitrogen functional groups attached to an aromatic ring is 1. The van der Waals surface area contributed by atoms with Gasteiger partial charge in [0.1, 0.15) is 5.75 Å². The fraction of sp³-hybridized carbons (Fsp3) is 0.231. The lowest BCUT2D eigenvalue weighted by molar-refractivity contribution is 0.241. The first-order valence-electron chi connectivity index (χ1n) is 5.74. The van der Waals surface area contributed by atoms with Gasteiger partial charge < -0.3 is 10.2 Å². The number of pyridine rings is 2. The van der Waals surface area contributed by atoms with Crippen LogP contribution in [0.5, 0.6) is 5.75 Å². The summed E-state index contributed by atoms with van der Waals surface area (Å²) in [6.45, 7) is 3.95. The molecule has 94 valence electrons. The summed E-state index contributed by atoms with van der Waals surface area (Å²) in [5.41, 5.74) is 5.09. The van der Waals surface area contributed by atoms with Crippen LogP contribution in [0.25, 0.3) is 11.3 Å². The van der Waals surface area contributed by atoms with Crippen LogP contribution in [0.2, 0.25) is 0 Å². The molecule has 18 heavy (non-hydrogen) atoms. The molecule has 0 saturated heterocycles. The Morgan fingerprint density at radius 3 is 2.83 bits per heavy atom. The molecule has 0 radical (unpaired) electrons. The second kappa shape index (κ2) is 5.46. The van der Waals surface area contributed by atoms with Crippen molar-refractivity contribution in [1.82, 2.24) is 9.97 Å². The summed E-state index contributed by atoms with van der Waals surface area (Å²) in [4.78, 5) is 8.44. The molecule has 5 heteroatoms. The highest BCUT2D eigenvalue weighted by Gasteiger charge is 2.04. The third-order valence-corrected chi connectivity index (χ3v) is 2.31. The van der Waals surface area contributed by atoms with Crippen LogP contribution in [0, 0.1) is 0 Å². The van der Waals surface area contributed by atoms with E-state index < -0.39 is 0 Å². The fourth-order valence-electron chi connectivity index (χ4n) is 1.57. The van der Waals surface area contributed by atoms with Gasteiger partial charge in [0.25, 0.3) is 0 Å². The second-order valence-electron chi connectivity index (χ2n) is 4.15. The van der Waals surface area contributed by atoms with Crippen molar-refractivity contribution in [2.45, 2.75) is 20.0 Å². The number of anilines is 1. The number of nitrogens with zero attached hydrogens (tertiary/aromatic N) is 2. The first kappa shape index (κ1) is 12.3. The molecule has 0 unspecified atom stereocenters. The van der Waals surface area contributed by atoms with Gasteiger partial charge in [0.15, 0.2) is 0 Å². The topological polar surface area (TPSA) is 73.1 Å². The molecular formula is C13H16N4O. The lowest BCUT2D eigenvalue weighted by Crippen LogP contribution is -2.07. The lowest BCUT2D eigenvalue weighted by atomic mass is 10.2. The third-order valence-electron chi connectivity index (χ3n) is 2.31.